The highest BCUT2D eigenvalue weighted by molar-refractivity contribution is 6.28. The molecule has 2 fully saturated rings. The number of nitrogens with zero attached hydrogens (tertiary/aromatic N) is 5. The summed E-state index contributed by atoms with van der Waals surface area (Å²) in [6.07, 6.45) is 9.20. The minimum atomic E-state index is 0.162. The van der Waals surface area contributed by atoms with Gasteiger partial charge in [0.25, 0.3) is 0 Å². The van der Waals surface area contributed by atoms with Crippen molar-refractivity contribution in [3.8, 4) is 5.75 Å². The zero-order chi connectivity index (χ0) is 21.0. The number of hydrogen-bond donors (Lipinski definition) is 1. The molecule has 9 heteroatoms. The van der Waals surface area contributed by atoms with Crippen LogP contribution < -0.4 is 15.0 Å². The molecule has 1 aromatic carbocycles. The van der Waals surface area contributed by atoms with Crippen LogP contribution in [0.3, 0.4) is 0 Å². The molecule has 0 amide bonds. The Kier molecular flexibility index (Phi) is 5.99. The van der Waals surface area contributed by atoms with Gasteiger partial charge in [-0.15, -0.1) is 0 Å². The average molecular weight is 441 g/mol. The Labute approximate surface area is 186 Å². The second kappa shape index (κ2) is 9.20. The van der Waals surface area contributed by atoms with Crippen LogP contribution in [-0.2, 0) is 4.74 Å². The van der Waals surface area contributed by atoms with E-state index < -0.39 is 0 Å². The summed E-state index contributed by atoms with van der Waals surface area (Å²) in [4.78, 5) is 19.2. The van der Waals surface area contributed by atoms with Crippen molar-refractivity contribution in [1.29, 1.82) is 0 Å². The Morgan fingerprint density at radius 2 is 1.94 bits per heavy atom. The van der Waals surface area contributed by atoms with E-state index >= 15 is 0 Å². The third-order valence-corrected chi connectivity index (χ3v) is 6.08. The van der Waals surface area contributed by atoms with Crippen LogP contribution in [0.15, 0.2) is 36.9 Å². The summed E-state index contributed by atoms with van der Waals surface area (Å²) in [5.41, 5.74) is 2.03. The number of morpholine rings is 1. The van der Waals surface area contributed by atoms with Crippen molar-refractivity contribution in [3.05, 3.63) is 42.2 Å². The topological polar surface area (TPSA) is 85.3 Å². The van der Waals surface area contributed by atoms with Crippen LogP contribution in [0.4, 0.5) is 11.5 Å². The normalized spacial score (nSPS) is 21.8. The Hall–Kier alpha value is -2.71. The van der Waals surface area contributed by atoms with Crippen molar-refractivity contribution < 1.29 is 9.47 Å². The van der Waals surface area contributed by atoms with Gasteiger partial charge in [0.2, 0.25) is 5.28 Å². The van der Waals surface area contributed by atoms with Gasteiger partial charge in [-0.1, -0.05) is 0 Å². The zero-order valence-electron chi connectivity index (χ0n) is 17.2. The molecular weight excluding hydrogens is 416 g/mol. The molecule has 31 heavy (non-hydrogen) atoms. The number of nitrogens with one attached hydrogen (secondary N) is 1. The number of fused-ring (bicyclic) bond motifs is 1. The van der Waals surface area contributed by atoms with E-state index in [2.05, 4.69) is 42.3 Å². The summed E-state index contributed by atoms with van der Waals surface area (Å²) in [7, 11) is 0. The molecule has 2 aliphatic rings. The SMILES string of the molecule is Clc1nccc(N[C@H]2CC[C@@H](Oc3cc(N4CCOCC4)cc4ncncc34)CC2)n1. The van der Waals surface area contributed by atoms with Gasteiger partial charge in [0.15, 0.2) is 0 Å². The second-order valence-corrected chi connectivity index (χ2v) is 8.28. The van der Waals surface area contributed by atoms with Crippen LogP contribution in [0, 0.1) is 0 Å². The van der Waals surface area contributed by atoms with Crippen LogP contribution >= 0.6 is 11.6 Å². The molecule has 1 N–H and O–H groups in total. The molecule has 0 spiro atoms. The molecule has 0 atom stereocenters. The largest absolute Gasteiger partial charge is 0.490 e. The first-order valence-electron chi connectivity index (χ1n) is 10.7. The van der Waals surface area contributed by atoms with Crippen molar-refractivity contribution in [1.82, 2.24) is 19.9 Å². The summed E-state index contributed by atoms with van der Waals surface area (Å²) in [5.74, 6) is 1.63. The van der Waals surface area contributed by atoms with E-state index in [0.29, 0.717) is 6.04 Å². The van der Waals surface area contributed by atoms with Gasteiger partial charge in [0.05, 0.1) is 30.2 Å². The summed E-state index contributed by atoms with van der Waals surface area (Å²) in [6.45, 7) is 3.23. The van der Waals surface area contributed by atoms with Crippen LogP contribution in [0.1, 0.15) is 25.7 Å². The third-order valence-electron chi connectivity index (χ3n) is 5.89. The lowest BCUT2D eigenvalue weighted by Crippen LogP contribution is -2.36. The van der Waals surface area contributed by atoms with Crippen molar-refractivity contribution in [2.24, 2.45) is 0 Å². The maximum Gasteiger partial charge on any atom is 0.224 e. The molecular formula is C22H25ClN6O2. The van der Waals surface area contributed by atoms with Gasteiger partial charge < -0.3 is 19.7 Å². The fourth-order valence-electron chi connectivity index (χ4n) is 4.27. The van der Waals surface area contributed by atoms with E-state index in [1.807, 2.05) is 12.3 Å². The molecule has 1 aliphatic heterocycles. The van der Waals surface area contributed by atoms with E-state index in [1.54, 1.807) is 12.5 Å². The molecule has 0 radical (unpaired) electrons. The molecule has 0 unspecified atom stereocenters. The number of rotatable bonds is 5. The first-order valence-corrected chi connectivity index (χ1v) is 11.1. The number of ether oxygens (including phenoxy) is 2. The van der Waals surface area contributed by atoms with Gasteiger partial charge in [0, 0.05) is 43.3 Å². The lowest BCUT2D eigenvalue weighted by atomic mass is 9.93. The lowest BCUT2D eigenvalue weighted by Gasteiger charge is -2.31. The predicted molar refractivity (Wildman–Crippen MR) is 120 cm³/mol. The molecule has 1 saturated carbocycles. The molecule has 1 aliphatic carbocycles. The first kappa shape index (κ1) is 20.2. The lowest BCUT2D eigenvalue weighted by molar-refractivity contribution is 0.122. The van der Waals surface area contributed by atoms with Gasteiger partial charge >= 0.3 is 0 Å². The van der Waals surface area contributed by atoms with Gasteiger partial charge in [-0.2, -0.15) is 0 Å². The van der Waals surface area contributed by atoms with E-state index in [4.69, 9.17) is 21.1 Å². The molecule has 5 rings (SSSR count). The summed E-state index contributed by atoms with van der Waals surface area (Å²) < 4.78 is 12.0. The van der Waals surface area contributed by atoms with Gasteiger partial charge in [-0.25, -0.2) is 19.9 Å². The second-order valence-electron chi connectivity index (χ2n) is 7.95. The number of anilines is 2. The number of halogens is 1. The minimum absolute atomic E-state index is 0.162. The summed E-state index contributed by atoms with van der Waals surface area (Å²) in [6, 6.07) is 6.44. The Bertz CT molecular complexity index is 1040. The van der Waals surface area contributed by atoms with Crippen molar-refractivity contribution in [2.75, 3.05) is 36.5 Å². The summed E-state index contributed by atoms with van der Waals surface area (Å²) in [5, 5.41) is 4.67. The van der Waals surface area contributed by atoms with E-state index in [0.717, 1.165) is 80.1 Å². The Morgan fingerprint density at radius 1 is 1.10 bits per heavy atom. The van der Waals surface area contributed by atoms with Gasteiger partial charge in [-0.3, -0.25) is 0 Å². The predicted octanol–water partition coefficient (Wildman–Crippen LogP) is 3.71. The van der Waals surface area contributed by atoms with E-state index in [1.165, 1.54) is 0 Å². The first-order chi connectivity index (χ1) is 15.2. The Morgan fingerprint density at radius 3 is 2.74 bits per heavy atom. The van der Waals surface area contributed by atoms with Crippen LogP contribution in [-0.4, -0.2) is 58.4 Å². The molecule has 162 valence electrons. The Balaban J connectivity index is 1.28. The highest BCUT2D eigenvalue weighted by Crippen LogP contribution is 2.34. The van der Waals surface area contributed by atoms with Crippen molar-refractivity contribution >= 4 is 34.0 Å². The highest BCUT2D eigenvalue weighted by atomic mass is 35.5. The molecule has 0 bridgehead atoms. The fourth-order valence-corrected chi connectivity index (χ4v) is 4.42. The van der Waals surface area contributed by atoms with Gasteiger partial charge in [-0.05, 0) is 49.4 Å². The highest BCUT2D eigenvalue weighted by Gasteiger charge is 2.24. The van der Waals surface area contributed by atoms with Crippen molar-refractivity contribution in [3.63, 3.8) is 0 Å². The van der Waals surface area contributed by atoms with E-state index in [-0.39, 0.29) is 11.4 Å². The minimum Gasteiger partial charge on any atom is -0.490 e. The maximum absolute atomic E-state index is 6.51. The van der Waals surface area contributed by atoms with Crippen LogP contribution in [0.2, 0.25) is 5.28 Å². The molecule has 1 saturated heterocycles. The molecule has 3 aromatic rings. The molecule has 3 heterocycles. The van der Waals surface area contributed by atoms with Crippen LogP contribution in [0.25, 0.3) is 10.9 Å². The van der Waals surface area contributed by atoms with Crippen LogP contribution in [0.5, 0.6) is 5.75 Å². The number of aromatic nitrogens is 4. The standard InChI is InChI=1S/C22H25ClN6O2/c23-22-25-6-5-21(28-22)27-15-1-3-17(4-2-15)31-20-12-16(29-7-9-30-10-8-29)11-19-18(20)13-24-14-26-19/h5-6,11-15,17H,1-4,7-10H2,(H,25,27,28)/t15-,17+. The monoisotopic (exact) mass is 440 g/mol. The smallest absolute Gasteiger partial charge is 0.224 e. The average Bonchev–Trinajstić information content (AvgIpc) is 2.81. The zero-order valence-corrected chi connectivity index (χ0v) is 18.0. The third kappa shape index (κ3) is 4.80. The fraction of sp³-hybridized carbons (Fsp3) is 0.455. The number of benzene rings is 1. The van der Waals surface area contributed by atoms with E-state index in [9.17, 15) is 0 Å². The number of hydrogen-bond acceptors (Lipinski definition) is 8. The maximum atomic E-state index is 6.51. The molecule has 8 nitrogen and oxygen atoms in total. The quantitative estimate of drug-likeness (QED) is 0.601. The van der Waals surface area contributed by atoms with Crippen molar-refractivity contribution in [2.45, 2.75) is 37.8 Å². The summed E-state index contributed by atoms with van der Waals surface area (Å²) >= 11 is 5.89. The molecule has 2 aromatic heterocycles. The van der Waals surface area contributed by atoms with Gasteiger partial charge in [0.1, 0.15) is 17.9 Å².